The molecule has 0 saturated heterocycles. The number of halogens is 1. The molecule has 4 heteroatoms. The first kappa shape index (κ1) is 15.9. The molecule has 108 valence electrons. The number of methoxy groups -OCH3 is 1. The van der Waals surface area contributed by atoms with Crippen molar-refractivity contribution in [3.8, 4) is 5.75 Å². The third-order valence-corrected chi connectivity index (χ3v) is 3.88. The van der Waals surface area contributed by atoms with E-state index in [-0.39, 0.29) is 23.6 Å². The molecule has 0 radical (unpaired) electrons. The Hall–Kier alpha value is -1.13. The fourth-order valence-corrected chi connectivity index (χ4v) is 2.07. The second-order valence-corrected chi connectivity index (χ2v) is 4.94. The number of nitrogens with one attached hydrogen (secondary N) is 1. The van der Waals surface area contributed by atoms with Gasteiger partial charge in [-0.25, -0.2) is 4.39 Å². The lowest BCUT2D eigenvalue weighted by atomic mass is 9.83. The summed E-state index contributed by atoms with van der Waals surface area (Å²) < 4.78 is 18.4. The number of aliphatic hydroxyl groups is 1. The SMILES string of the molecule is CCC(CC)(CO)CNCc1ccc(OC)c(F)c1. The fraction of sp³-hybridized carbons (Fsp3) is 0.600. The van der Waals surface area contributed by atoms with Crippen molar-refractivity contribution in [3.05, 3.63) is 29.6 Å². The second-order valence-electron chi connectivity index (χ2n) is 4.94. The van der Waals surface area contributed by atoms with Gasteiger partial charge in [-0.15, -0.1) is 0 Å². The molecular weight excluding hydrogens is 245 g/mol. The molecule has 2 N–H and O–H groups in total. The molecule has 3 nitrogen and oxygen atoms in total. The van der Waals surface area contributed by atoms with Crippen molar-refractivity contribution < 1.29 is 14.2 Å². The molecule has 0 aromatic heterocycles. The first-order chi connectivity index (χ1) is 9.10. The molecule has 0 bridgehead atoms. The second kappa shape index (κ2) is 7.46. The van der Waals surface area contributed by atoms with Crippen molar-refractivity contribution in [2.75, 3.05) is 20.3 Å². The van der Waals surface area contributed by atoms with E-state index in [1.807, 2.05) is 6.07 Å². The Labute approximate surface area is 114 Å². The van der Waals surface area contributed by atoms with Gasteiger partial charge in [0.05, 0.1) is 7.11 Å². The first-order valence-corrected chi connectivity index (χ1v) is 6.74. The first-order valence-electron chi connectivity index (χ1n) is 6.74. The van der Waals surface area contributed by atoms with Gasteiger partial charge in [0, 0.05) is 25.1 Å². The summed E-state index contributed by atoms with van der Waals surface area (Å²) in [6, 6.07) is 4.95. The van der Waals surface area contributed by atoms with Crippen LogP contribution in [-0.4, -0.2) is 25.4 Å². The number of ether oxygens (including phenoxy) is 1. The van der Waals surface area contributed by atoms with Gasteiger partial charge in [-0.05, 0) is 30.5 Å². The summed E-state index contributed by atoms with van der Waals surface area (Å²) in [5, 5.41) is 12.8. The maximum Gasteiger partial charge on any atom is 0.165 e. The summed E-state index contributed by atoms with van der Waals surface area (Å²) in [5.41, 5.74) is 0.794. The van der Waals surface area contributed by atoms with Gasteiger partial charge in [0.25, 0.3) is 0 Å². The molecule has 0 spiro atoms. The standard InChI is InChI=1S/C15H24FNO2/c1-4-15(5-2,11-18)10-17-9-12-6-7-14(19-3)13(16)8-12/h6-8,17-18H,4-5,9-11H2,1-3H3. The van der Waals surface area contributed by atoms with Gasteiger partial charge in [-0.2, -0.15) is 0 Å². The van der Waals surface area contributed by atoms with Gasteiger partial charge >= 0.3 is 0 Å². The summed E-state index contributed by atoms with van der Waals surface area (Å²) in [7, 11) is 1.45. The smallest absolute Gasteiger partial charge is 0.165 e. The molecule has 0 atom stereocenters. The largest absolute Gasteiger partial charge is 0.494 e. The van der Waals surface area contributed by atoms with Gasteiger partial charge in [0.15, 0.2) is 11.6 Å². The van der Waals surface area contributed by atoms with Crippen LogP contribution in [0.2, 0.25) is 0 Å². The molecule has 0 aliphatic heterocycles. The van der Waals surface area contributed by atoms with Crippen molar-refractivity contribution >= 4 is 0 Å². The Morgan fingerprint density at radius 1 is 1.32 bits per heavy atom. The fourth-order valence-electron chi connectivity index (χ4n) is 2.07. The van der Waals surface area contributed by atoms with Crippen LogP contribution in [0.15, 0.2) is 18.2 Å². The lowest BCUT2D eigenvalue weighted by molar-refractivity contribution is 0.113. The van der Waals surface area contributed by atoms with E-state index in [2.05, 4.69) is 19.2 Å². The van der Waals surface area contributed by atoms with Crippen molar-refractivity contribution in [1.29, 1.82) is 0 Å². The highest BCUT2D eigenvalue weighted by Crippen LogP contribution is 2.24. The Morgan fingerprint density at radius 2 is 2.00 bits per heavy atom. The molecule has 1 aromatic carbocycles. The molecule has 1 rings (SSSR count). The predicted octanol–water partition coefficient (Wildman–Crippen LogP) is 2.72. The summed E-state index contributed by atoms with van der Waals surface area (Å²) >= 11 is 0. The molecule has 0 unspecified atom stereocenters. The minimum atomic E-state index is -0.346. The zero-order valence-corrected chi connectivity index (χ0v) is 12.0. The maximum absolute atomic E-state index is 13.5. The van der Waals surface area contributed by atoms with E-state index in [0.29, 0.717) is 6.54 Å². The zero-order valence-electron chi connectivity index (χ0n) is 12.0. The maximum atomic E-state index is 13.5. The van der Waals surface area contributed by atoms with E-state index in [1.54, 1.807) is 6.07 Å². The summed E-state index contributed by atoms with van der Waals surface area (Å²) in [4.78, 5) is 0. The predicted molar refractivity (Wildman–Crippen MR) is 74.8 cm³/mol. The van der Waals surface area contributed by atoms with E-state index in [9.17, 15) is 9.50 Å². The van der Waals surface area contributed by atoms with Gasteiger partial charge in [-0.1, -0.05) is 19.9 Å². The van der Waals surface area contributed by atoms with Gasteiger partial charge in [0.1, 0.15) is 0 Å². The van der Waals surface area contributed by atoms with Crippen molar-refractivity contribution in [2.45, 2.75) is 33.2 Å². The summed E-state index contributed by atoms with van der Waals surface area (Å²) in [5.74, 6) is -0.0863. The number of benzene rings is 1. The highest BCUT2D eigenvalue weighted by atomic mass is 19.1. The van der Waals surface area contributed by atoms with E-state index >= 15 is 0 Å². The average molecular weight is 269 g/mol. The quantitative estimate of drug-likeness (QED) is 0.762. The minimum Gasteiger partial charge on any atom is -0.494 e. The lowest BCUT2D eigenvalue weighted by Crippen LogP contribution is -2.36. The van der Waals surface area contributed by atoms with Crippen LogP contribution in [-0.2, 0) is 6.54 Å². The Bertz CT molecular complexity index is 383. The normalized spacial score (nSPS) is 11.6. The molecule has 0 saturated carbocycles. The Morgan fingerprint density at radius 3 is 2.47 bits per heavy atom. The minimum absolute atomic E-state index is 0.0784. The summed E-state index contributed by atoms with van der Waals surface area (Å²) in [6.07, 6.45) is 1.84. The Balaban J connectivity index is 2.55. The molecule has 1 aromatic rings. The molecule has 19 heavy (non-hydrogen) atoms. The lowest BCUT2D eigenvalue weighted by Gasteiger charge is -2.29. The van der Waals surface area contributed by atoms with Crippen LogP contribution in [0.25, 0.3) is 0 Å². The Kier molecular flexibility index (Phi) is 6.25. The van der Waals surface area contributed by atoms with Crippen LogP contribution < -0.4 is 10.1 Å². The van der Waals surface area contributed by atoms with Gasteiger partial charge in [-0.3, -0.25) is 0 Å². The highest BCUT2D eigenvalue weighted by Gasteiger charge is 2.24. The molecular formula is C15H24FNO2. The third-order valence-electron chi connectivity index (χ3n) is 3.88. The monoisotopic (exact) mass is 269 g/mol. The van der Waals surface area contributed by atoms with Crippen LogP contribution in [0.4, 0.5) is 4.39 Å². The third kappa shape index (κ3) is 4.18. The molecule has 0 aliphatic carbocycles. The molecule has 0 heterocycles. The van der Waals surface area contributed by atoms with Crippen molar-refractivity contribution in [3.63, 3.8) is 0 Å². The molecule has 0 aliphatic rings. The number of hydrogen-bond donors (Lipinski definition) is 2. The van der Waals surface area contributed by atoms with E-state index < -0.39 is 0 Å². The molecule has 0 fully saturated rings. The van der Waals surface area contributed by atoms with Crippen LogP contribution in [0.5, 0.6) is 5.75 Å². The van der Waals surface area contributed by atoms with E-state index in [1.165, 1.54) is 13.2 Å². The number of aliphatic hydroxyl groups excluding tert-OH is 1. The van der Waals surface area contributed by atoms with Crippen molar-refractivity contribution in [1.82, 2.24) is 5.32 Å². The van der Waals surface area contributed by atoms with E-state index in [0.717, 1.165) is 24.9 Å². The van der Waals surface area contributed by atoms with Crippen LogP contribution in [0.3, 0.4) is 0 Å². The topological polar surface area (TPSA) is 41.5 Å². The van der Waals surface area contributed by atoms with Crippen LogP contribution in [0, 0.1) is 11.2 Å². The van der Waals surface area contributed by atoms with Gasteiger partial charge in [0.2, 0.25) is 0 Å². The number of rotatable bonds is 8. The molecule has 0 amide bonds. The highest BCUT2D eigenvalue weighted by molar-refractivity contribution is 5.29. The van der Waals surface area contributed by atoms with E-state index in [4.69, 9.17) is 4.74 Å². The summed E-state index contributed by atoms with van der Waals surface area (Å²) in [6.45, 7) is 5.64. The average Bonchev–Trinajstić information content (AvgIpc) is 2.44. The van der Waals surface area contributed by atoms with Crippen LogP contribution >= 0.6 is 0 Å². The number of hydrogen-bond acceptors (Lipinski definition) is 3. The van der Waals surface area contributed by atoms with Crippen molar-refractivity contribution in [2.24, 2.45) is 5.41 Å². The van der Waals surface area contributed by atoms with Gasteiger partial charge < -0.3 is 15.2 Å². The van der Waals surface area contributed by atoms with Crippen LogP contribution in [0.1, 0.15) is 32.3 Å². The zero-order chi connectivity index (χ0) is 14.3.